The molecule has 0 spiro atoms. The van der Waals surface area contributed by atoms with Gasteiger partial charge in [0.15, 0.2) is 23.0 Å². The third-order valence-corrected chi connectivity index (χ3v) is 8.38. The van der Waals surface area contributed by atoms with Gasteiger partial charge in [-0.15, -0.1) is 0 Å². The number of hydrogen-bond acceptors (Lipinski definition) is 9. The lowest BCUT2D eigenvalue weighted by molar-refractivity contribution is 0.304. The number of piperazine rings is 1. The van der Waals surface area contributed by atoms with Crippen LogP contribution in [0.2, 0.25) is 0 Å². The van der Waals surface area contributed by atoms with Crippen molar-refractivity contribution in [2.45, 2.75) is 25.8 Å². The fraction of sp³-hybridized carbons (Fsp3) is 0.419. The average molecular weight is 569 g/mol. The summed E-state index contributed by atoms with van der Waals surface area (Å²) in [6.45, 7) is 6.75. The Morgan fingerprint density at radius 1 is 0.976 bits per heavy atom. The Morgan fingerprint density at radius 2 is 1.86 bits per heavy atom. The fourth-order valence-corrected chi connectivity index (χ4v) is 6.03. The first-order valence-electron chi connectivity index (χ1n) is 14.7. The number of allylic oxidation sites excluding steroid dienone is 2. The number of rotatable bonds is 4. The van der Waals surface area contributed by atoms with Crippen molar-refractivity contribution in [1.29, 1.82) is 0 Å². The smallest absolute Gasteiger partial charge is 0.278 e. The average Bonchev–Trinajstić information content (AvgIpc) is 3.28. The maximum Gasteiger partial charge on any atom is 0.278 e. The Labute approximate surface area is 244 Å². The van der Waals surface area contributed by atoms with E-state index in [9.17, 15) is 4.79 Å². The van der Waals surface area contributed by atoms with E-state index in [4.69, 9.17) is 19.4 Å². The zero-order valence-electron chi connectivity index (χ0n) is 24.2. The fourth-order valence-electron chi connectivity index (χ4n) is 6.03. The normalized spacial score (nSPS) is 18.1. The van der Waals surface area contributed by atoms with E-state index in [1.165, 1.54) is 0 Å². The topological polar surface area (TPSA) is 93.8 Å². The molecule has 0 N–H and O–H groups in total. The largest absolute Gasteiger partial charge is 0.495 e. The number of ether oxygens (including phenoxy) is 2. The zero-order valence-corrected chi connectivity index (χ0v) is 24.2. The molecule has 3 aromatic heterocycles. The van der Waals surface area contributed by atoms with Crippen molar-refractivity contribution < 1.29 is 9.47 Å². The Kier molecular flexibility index (Phi) is 7.02. The second kappa shape index (κ2) is 11.1. The number of hydrogen-bond donors (Lipinski definition) is 0. The maximum atomic E-state index is 13.6. The molecule has 11 heteroatoms. The standard InChI is InChI=1S/C31H36N8O3/c1-35-13-15-36(16-14-35)24-8-7-22(19-26(24)41-2)20-27-32-21-23-29(33-27)39-28-10-9-25-30(34-28)37(17-18-42-25)11-5-3-4-6-12-38(39)31(23)40/h4,6-10,19,21H,3,5,11-18,20H2,1-2H3/b6-4-. The van der Waals surface area contributed by atoms with Crippen molar-refractivity contribution in [1.82, 2.24) is 29.2 Å². The molecule has 3 aliphatic rings. The van der Waals surface area contributed by atoms with E-state index in [2.05, 4.69) is 57.1 Å². The van der Waals surface area contributed by atoms with Crippen molar-refractivity contribution in [3.63, 3.8) is 0 Å². The minimum Gasteiger partial charge on any atom is -0.495 e. The van der Waals surface area contributed by atoms with E-state index in [-0.39, 0.29) is 5.56 Å². The minimum atomic E-state index is -0.135. The van der Waals surface area contributed by atoms with Crippen LogP contribution in [0, 0.1) is 0 Å². The Morgan fingerprint density at radius 3 is 2.71 bits per heavy atom. The van der Waals surface area contributed by atoms with Crippen LogP contribution in [0.25, 0.3) is 16.9 Å². The summed E-state index contributed by atoms with van der Waals surface area (Å²) < 4.78 is 15.2. The van der Waals surface area contributed by atoms with Gasteiger partial charge in [0.2, 0.25) is 0 Å². The minimum absolute atomic E-state index is 0.135. The van der Waals surface area contributed by atoms with Crippen molar-refractivity contribution in [2.24, 2.45) is 0 Å². The number of pyridine rings is 1. The van der Waals surface area contributed by atoms with E-state index in [0.717, 1.165) is 80.7 Å². The molecule has 1 aromatic carbocycles. The highest BCUT2D eigenvalue weighted by molar-refractivity contribution is 5.75. The van der Waals surface area contributed by atoms with Gasteiger partial charge in [0.1, 0.15) is 23.6 Å². The van der Waals surface area contributed by atoms with E-state index in [1.54, 1.807) is 18.0 Å². The predicted molar refractivity (Wildman–Crippen MR) is 163 cm³/mol. The van der Waals surface area contributed by atoms with Gasteiger partial charge in [-0.05, 0) is 49.7 Å². The zero-order chi connectivity index (χ0) is 28.6. The van der Waals surface area contributed by atoms with Gasteiger partial charge >= 0.3 is 0 Å². The third kappa shape index (κ3) is 4.87. The summed E-state index contributed by atoms with van der Waals surface area (Å²) in [6, 6.07) is 10.2. The van der Waals surface area contributed by atoms with Crippen LogP contribution in [0.4, 0.5) is 11.5 Å². The molecule has 0 aliphatic carbocycles. The molecule has 42 heavy (non-hydrogen) atoms. The first-order valence-corrected chi connectivity index (χ1v) is 14.7. The van der Waals surface area contributed by atoms with Gasteiger partial charge in [-0.2, -0.15) is 0 Å². The Balaban J connectivity index is 1.27. The number of methoxy groups -OCH3 is 1. The van der Waals surface area contributed by atoms with Gasteiger partial charge in [-0.3, -0.25) is 4.79 Å². The van der Waals surface area contributed by atoms with Crippen LogP contribution in [-0.2, 0) is 13.0 Å². The van der Waals surface area contributed by atoms with Gasteiger partial charge in [0.05, 0.1) is 25.9 Å². The molecule has 0 unspecified atom stereocenters. The molecule has 6 heterocycles. The molecule has 11 nitrogen and oxygen atoms in total. The molecule has 0 atom stereocenters. The molecule has 3 aliphatic heterocycles. The lowest BCUT2D eigenvalue weighted by atomic mass is 10.1. The van der Waals surface area contributed by atoms with Gasteiger partial charge < -0.3 is 24.2 Å². The number of fused-ring (bicyclic) bond motifs is 5. The molecule has 218 valence electrons. The summed E-state index contributed by atoms with van der Waals surface area (Å²) in [7, 11) is 3.87. The van der Waals surface area contributed by atoms with Crippen LogP contribution >= 0.6 is 0 Å². The van der Waals surface area contributed by atoms with E-state index < -0.39 is 0 Å². The summed E-state index contributed by atoms with van der Waals surface area (Å²) in [6.07, 6.45) is 8.30. The molecule has 1 saturated heterocycles. The molecule has 2 bridgehead atoms. The summed E-state index contributed by atoms with van der Waals surface area (Å²) in [5, 5.41) is 0.470. The summed E-state index contributed by atoms with van der Waals surface area (Å²) >= 11 is 0. The molecular formula is C31H36N8O3. The highest BCUT2D eigenvalue weighted by Gasteiger charge is 2.24. The molecule has 0 saturated carbocycles. The SMILES string of the molecule is COc1cc(Cc2ncc3c(=O)n4n(c3n2)-c2ccc3c(n2)N(CCC/C=C\C4)CCO3)ccc1N1CCN(C)CC1. The number of aromatic nitrogens is 5. The second-order valence-electron chi connectivity index (χ2n) is 11.1. The van der Waals surface area contributed by atoms with Crippen LogP contribution in [0.1, 0.15) is 24.2 Å². The monoisotopic (exact) mass is 568 g/mol. The van der Waals surface area contributed by atoms with Crippen molar-refractivity contribution in [3.05, 3.63) is 70.4 Å². The van der Waals surface area contributed by atoms with E-state index in [1.807, 2.05) is 16.8 Å². The van der Waals surface area contributed by atoms with Gasteiger partial charge in [-0.25, -0.2) is 24.3 Å². The summed E-state index contributed by atoms with van der Waals surface area (Å²) in [5.74, 6) is 3.69. The summed E-state index contributed by atoms with van der Waals surface area (Å²) in [5.41, 5.74) is 2.56. The van der Waals surface area contributed by atoms with Crippen molar-refractivity contribution >= 4 is 22.5 Å². The van der Waals surface area contributed by atoms with Crippen LogP contribution in [0.15, 0.2) is 53.5 Å². The molecule has 7 rings (SSSR count). The quantitative estimate of drug-likeness (QED) is 0.345. The van der Waals surface area contributed by atoms with Gasteiger partial charge in [-0.1, -0.05) is 18.2 Å². The second-order valence-corrected chi connectivity index (χ2v) is 11.1. The predicted octanol–water partition coefficient (Wildman–Crippen LogP) is 2.88. The highest BCUT2D eigenvalue weighted by atomic mass is 16.5. The lowest BCUT2D eigenvalue weighted by Crippen LogP contribution is -2.44. The van der Waals surface area contributed by atoms with E-state index in [0.29, 0.717) is 42.2 Å². The van der Waals surface area contributed by atoms with Crippen LogP contribution in [0.3, 0.4) is 0 Å². The maximum absolute atomic E-state index is 13.6. The molecule has 4 aromatic rings. The highest BCUT2D eigenvalue weighted by Crippen LogP contribution is 2.32. The molecule has 0 radical (unpaired) electrons. The first kappa shape index (κ1) is 26.5. The third-order valence-electron chi connectivity index (χ3n) is 8.38. The van der Waals surface area contributed by atoms with Crippen LogP contribution < -0.4 is 24.8 Å². The summed E-state index contributed by atoms with van der Waals surface area (Å²) in [4.78, 5) is 35.1. The number of nitrogens with zero attached hydrogens (tertiary/aromatic N) is 8. The number of benzene rings is 1. The first-order chi connectivity index (χ1) is 20.6. The van der Waals surface area contributed by atoms with E-state index >= 15 is 0 Å². The lowest BCUT2D eigenvalue weighted by Gasteiger charge is -2.34. The van der Waals surface area contributed by atoms with Crippen LogP contribution in [-0.4, -0.2) is 89.2 Å². The van der Waals surface area contributed by atoms with Crippen LogP contribution in [0.5, 0.6) is 11.5 Å². The number of likely N-dealkylation sites (N-methyl/N-ethyl adjacent to an activating group) is 1. The number of anilines is 2. The molecule has 1 fully saturated rings. The Hall–Kier alpha value is -4.38. The molecule has 0 amide bonds. The Bertz CT molecular complexity index is 1700. The van der Waals surface area contributed by atoms with Gasteiger partial charge in [0.25, 0.3) is 5.56 Å². The molecular weight excluding hydrogens is 532 g/mol. The van der Waals surface area contributed by atoms with Crippen molar-refractivity contribution in [3.8, 4) is 17.3 Å². The van der Waals surface area contributed by atoms with Gasteiger partial charge in [0, 0.05) is 45.3 Å². The van der Waals surface area contributed by atoms with Crippen molar-refractivity contribution in [2.75, 3.05) is 69.8 Å².